The monoisotopic (exact) mass is 639 g/mol. The predicted octanol–water partition coefficient (Wildman–Crippen LogP) is 3.86. The molecule has 0 aliphatic carbocycles. The van der Waals surface area contributed by atoms with Crippen LogP contribution in [0.3, 0.4) is 0 Å². The van der Waals surface area contributed by atoms with Crippen LogP contribution in [0.5, 0.6) is 0 Å². The van der Waals surface area contributed by atoms with Crippen molar-refractivity contribution in [1.29, 1.82) is 10.5 Å². The van der Waals surface area contributed by atoms with Gasteiger partial charge in [-0.05, 0) is 64.3 Å². The van der Waals surface area contributed by atoms with Gasteiger partial charge in [-0.1, -0.05) is 47.1 Å². The molecule has 0 aromatic rings. The SMILES string of the molecule is C/C(=C\[C@H](C(C)C)N(C)C(=O)[C@@H](NC(=O)C1CCCCN1C(C)C)C(C)(C)C)C(=O)N1CCC[C@H]1C(=O)N(CCC#N)CCC#N. The number of piperidine rings is 1. The quantitative estimate of drug-likeness (QED) is 0.302. The van der Waals surface area contributed by atoms with Gasteiger partial charge in [0, 0.05) is 38.3 Å². The molecule has 0 aromatic heterocycles. The summed E-state index contributed by atoms with van der Waals surface area (Å²) < 4.78 is 0. The number of hydrogen-bond acceptors (Lipinski definition) is 7. The molecule has 0 aromatic carbocycles. The molecule has 2 aliphatic rings. The van der Waals surface area contributed by atoms with Crippen LogP contribution in [0.2, 0.25) is 0 Å². The van der Waals surface area contributed by atoms with E-state index in [-0.39, 0.29) is 67.6 Å². The van der Waals surface area contributed by atoms with E-state index in [2.05, 4.69) is 36.2 Å². The van der Waals surface area contributed by atoms with Gasteiger partial charge in [0.2, 0.25) is 23.6 Å². The van der Waals surface area contributed by atoms with Gasteiger partial charge in [-0.3, -0.25) is 24.1 Å². The summed E-state index contributed by atoms with van der Waals surface area (Å²) in [5.41, 5.74) is -0.120. The Hall–Kier alpha value is -3.44. The molecule has 0 radical (unpaired) electrons. The van der Waals surface area contributed by atoms with Gasteiger partial charge in [-0.2, -0.15) is 10.5 Å². The van der Waals surface area contributed by atoms with E-state index in [1.54, 1.807) is 29.8 Å². The summed E-state index contributed by atoms with van der Waals surface area (Å²) in [4.78, 5) is 61.9. The van der Waals surface area contributed by atoms with Gasteiger partial charge in [-0.25, -0.2) is 0 Å². The van der Waals surface area contributed by atoms with E-state index in [0.29, 0.717) is 25.0 Å². The number of likely N-dealkylation sites (tertiary alicyclic amines) is 2. The summed E-state index contributed by atoms with van der Waals surface area (Å²) in [5, 5.41) is 21.2. The predicted molar refractivity (Wildman–Crippen MR) is 178 cm³/mol. The number of likely N-dealkylation sites (N-methyl/N-ethyl adjacent to an activating group) is 1. The van der Waals surface area contributed by atoms with Crippen LogP contribution in [0.1, 0.15) is 100 Å². The Bertz CT molecular complexity index is 1170. The van der Waals surface area contributed by atoms with E-state index in [9.17, 15) is 19.2 Å². The molecule has 0 bridgehead atoms. The first-order valence-electron chi connectivity index (χ1n) is 16.9. The third-order valence-corrected chi connectivity index (χ3v) is 9.24. The zero-order valence-corrected chi connectivity index (χ0v) is 29.6. The molecule has 0 saturated carbocycles. The molecule has 1 N–H and O–H groups in total. The second kappa shape index (κ2) is 17.5. The number of nitrogens with one attached hydrogen (secondary N) is 1. The fraction of sp³-hybridized carbons (Fsp3) is 0.771. The highest BCUT2D eigenvalue weighted by molar-refractivity contribution is 5.97. The highest BCUT2D eigenvalue weighted by Gasteiger charge is 2.41. The Morgan fingerprint density at radius 1 is 0.935 bits per heavy atom. The molecule has 11 heteroatoms. The summed E-state index contributed by atoms with van der Waals surface area (Å²) in [5.74, 6) is -0.889. The third kappa shape index (κ3) is 10.0. The number of amides is 4. The summed E-state index contributed by atoms with van der Waals surface area (Å²) in [6, 6.07) is 2.20. The van der Waals surface area contributed by atoms with Crippen molar-refractivity contribution < 1.29 is 19.2 Å². The van der Waals surface area contributed by atoms with E-state index < -0.39 is 23.5 Å². The normalized spacial score (nSPS) is 20.5. The molecular weight excluding hydrogens is 582 g/mol. The number of nitriles is 2. The number of carbonyl (C=O) groups excluding carboxylic acids is 4. The molecule has 1 unspecified atom stereocenters. The molecule has 4 atom stereocenters. The molecule has 4 amide bonds. The van der Waals surface area contributed by atoms with E-state index in [1.807, 2.05) is 34.6 Å². The topological polar surface area (TPSA) is 141 Å². The molecule has 2 heterocycles. The molecule has 2 saturated heterocycles. The Morgan fingerprint density at radius 3 is 2.04 bits per heavy atom. The van der Waals surface area contributed by atoms with Crippen molar-refractivity contribution in [2.24, 2.45) is 11.3 Å². The second-order valence-electron chi connectivity index (χ2n) is 14.5. The van der Waals surface area contributed by atoms with Crippen LogP contribution in [-0.4, -0.2) is 107 Å². The summed E-state index contributed by atoms with van der Waals surface area (Å²) in [6.45, 7) is 17.4. The van der Waals surface area contributed by atoms with Crippen molar-refractivity contribution in [1.82, 2.24) is 24.9 Å². The van der Waals surface area contributed by atoms with Gasteiger partial charge >= 0.3 is 0 Å². The lowest BCUT2D eigenvalue weighted by atomic mass is 9.84. The molecule has 2 rings (SSSR count). The first-order valence-corrected chi connectivity index (χ1v) is 16.9. The van der Waals surface area contributed by atoms with Gasteiger partial charge < -0.3 is 20.0 Å². The standard InChI is InChI=1S/C35H57N7O4/c1-24(2)29(23-26(5)32(44)42-22-12-16-28(42)33(45)40(19-13-17-36)20-14-18-37)39(9)34(46)30(35(6,7)8)38-31(43)27-15-10-11-21-41(27)25(3)4/h23-25,27-30H,10-16,19-22H2,1-9H3,(H,38,43)/b26-23+/t27?,28-,29+,30+/m0/s1. The number of rotatable bonds is 13. The first-order chi connectivity index (χ1) is 21.6. The lowest BCUT2D eigenvalue weighted by Gasteiger charge is -2.41. The van der Waals surface area contributed by atoms with E-state index in [4.69, 9.17) is 10.5 Å². The van der Waals surface area contributed by atoms with Crippen molar-refractivity contribution in [3.8, 4) is 12.1 Å². The molecule has 256 valence electrons. The van der Waals surface area contributed by atoms with Gasteiger partial charge in [0.25, 0.3) is 0 Å². The number of carbonyl (C=O) groups is 4. The smallest absolute Gasteiger partial charge is 0.249 e. The highest BCUT2D eigenvalue weighted by atomic mass is 16.2. The fourth-order valence-electron chi connectivity index (χ4n) is 6.58. The van der Waals surface area contributed by atoms with Crippen LogP contribution in [0, 0.1) is 34.0 Å². The number of nitrogens with zero attached hydrogens (tertiary/aromatic N) is 6. The average molecular weight is 640 g/mol. The van der Waals surface area contributed by atoms with Crippen LogP contribution in [0.25, 0.3) is 0 Å². The molecule has 46 heavy (non-hydrogen) atoms. The minimum absolute atomic E-state index is 0.0359. The van der Waals surface area contributed by atoms with E-state index in [0.717, 1.165) is 25.8 Å². The van der Waals surface area contributed by atoms with Crippen LogP contribution >= 0.6 is 0 Å². The van der Waals surface area contributed by atoms with Gasteiger partial charge in [0.15, 0.2) is 0 Å². The maximum absolute atomic E-state index is 14.1. The highest BCUT2D eigenvalue weighted by Crippen LogP contribution is 2.27. The lowest BCUT2D eigenvalue weighted by molar-refractivity contribution is -0.142. The fourth-order valence-corrected chi connectivity index (χ4v) is 6.58. The summed E-state index contributed by atoms with van der Waals surface area (Å²) in [6.07, 6.45) is 6.09. The maximum Gasteiger partial charge on any atom is 0.249 e. The zero-order chi connectivity index (χ0) is 34.8. The molecular formula is C35H57N7O4. The zero-order valence-electron chi connectivity index (χ0n) is 29.6. The Kier molecular flexibility index (Phi) is 14.7. The van der Waals surface area contributed by atoms with Gasteiger partial charge in [0.05, 0.1) is 37.1 Å². The van der Waals surface area contributed by atoms with Crippen molar-refractivity contribution in [2.45, 2.75) is 131 Å². The molecule has 11 nitrogen and oxygen atoms in total. The van der Waals surface area contributed by atoms with Crippen LogP contribution in [-0.2, 0) is 19.2 Å². The van der Waals surface area contributed by atoms with Crippen LogP contribution in [0.15, 0.2) is 11.6 Å². The largest absolute Gasteiger partial charge is 0.342 e. The average Bonchev–Trinajstić information content (AvgIpc) is 3.50. The second-order valence-corrected chi connectivity index (χ2v) is 14.5. The van der Waals surface area contributed by atoms with Crippen molar-refractivity contribution >= 4 is 23.6 Å². The molecule has 2 aliphatic heterocycles. The van der Waals surface area contributed by atoms with E-state index >= 15 is 0 Å². The minimum atomic E-state index is -0.764. The van der Waals surface area contributed by atoms with Gasteiger partial charge in [-0.15, -0.1) is 0 Å². The number of hydrogen-bond donors (Lipinski definition) is 1. The molecule has 2 fully saturated rings. The van der Waals surface area contributed by atoms with Crippen LogP contribution < -0.4 is 5.32 Å². The van der Waals surface area contributed by atoms with Crippen molar-refractivity contribution in [2.75, 3.05) is 33.2 Å². The first kappa shape index (κ1) is 38.7. The lowest BCUT2D eigenvalue weighted by Crippen LogP contribution is -2.60. The maximum atomic E-state index is 14.1. The van der Waals surface area contributed by atoms with Crippen molar-refractivity contribution in [3.63, 3.8) is 0 Å². The molecule has 0 spiro atoms. The Morgan fingerprint density at radius 2 is 1.52 bits per heavy atom. The minimum Gasteiger partial charge on any atom is -0.342 e. The third-order valence-electron chi connectivity index (χ3n) is 9.24. The Balaban J connectivity index is 2.29. The summed E-state index contributed by atoms with van der Waals surface area (Å²) >= 11 is 0. The Labute approximate surface area is 276 Å². The van der Waals surface area contributed by atoms with Crippen molar-refractivity contribution in [3.05, 3.63) is 11.6 Å². The van der Waals surface area contributed by atoms with E-state index in [1.165, 1.54) is 4.90 Å². The van der Waals surface area contributed by atoms with Crippen LogP contribution in [0.4, 0.5) is 0 Å². The summed E-state index contributed by atoms with van der Waals surface area (Å²) in [7, 11) is 1.72. The van der Waals surface area contributed by atoms with Gasteiger partial charge in [0.1, 0.15) is 12.1 Å².